The zero-order valence-corrected chi connectivity index (χ0v) is 12.9. The van der Waals surface area contributed by atoms with E-state index in [1.165, 1.54) is 11.1 Å². The summed E-state index contributed by atoms with van der Waals surface area (Å²) in [5.74, 6) is 0. The van der Waals surface area contributed by atoms with Gasteiger partial charge in [0, 0.05) is 10.8 Å². The van der Waals surface area contributed by atoms with Crippen LogP contribution in [0, 0.1) is 20.8 Å². The second kappa shape index (κ2) is 4.44. The Kier molecular flexibility index (Phi) is 2.64. The van der Waals surface area contributed by atoms with Crippen molar-refractivity contribution in [2.45, 2.75) is 20.8 Å². The third-order valence-electron chi connectivity index (χ3n) is 4.72. The molecule has 0 spiro atoms. The Morgan fingerprint density at radius 2 is 1.59 bits per heavy atom. The number of fused-ring (bicyclic) bond motifs is 5. The summed E-state index contributed by atoms with van der Waals surface area (Å²) < 4.78 is 5.58. The Morgan fingerprint density at radius 1 is 0.818 bits per heavy atom. The lowest BCUT2D eigenvalue weighted by Crippen LogP contribution is -2.02. The molecule has 4 aromatic rings. The molecule has 0 saturated heterocycles. The lowest BCUT2D eigenvalue weighted by molar-refractivity contribution is 0.569. The fourth-order valence-electron chi connectivity index (χ4n) is 3.30. The van der Waals surface area contributed by atoms with Crippen LogP contribution in [0.25, 0.3) is 32.5 Å². The van der Waals surface area contributed by atoms with E-state index in [1.807, 2.05) is 30.3 Å². The summed E-state index contributed by atoms with van der Waals surface area (Å²) >= 11 is 0. The van der Waals surface area contributed by atoms with Crippen LogP contribution in [0.3, 0.4) is 0 Å². The average molecular weight is 288 g/mol. The Morgan fingerprint density at radius 3 is 2.41 bits per heavy atom. The molecule has 0 aliphatic carbocycles. The first-order chi connectivity index (χ1) is 10.6. The largest absolute Gasteiger partial charge is 0.422 e. The summed E-state index contributed by atoms with van der Waals surface area (Å²) in [6, 6.07) is 14.0. The number of rotatable bonds is 0. The Hall–Kier alpha value is -2.61. The highest BCUT2D eigenvalue weighted by atomic mass is 16.4. The topological polar surface area (TPSA) is 30.2 Å². The molecule has 3 aromatic carbocycles. The van der Waals surface area contributed by atoms with Crippen LogP contribution >= 0.6 is 0 Å². The van der Waals surface area contributed by atoms with Crippen LogP contribution in [-0.4, -0.2) is 0 Å². The van der Waals surface area contributed by atoms with Crippen LogP contribution in [-0.2, 0) is 0 Å². The molecule has 2 nitrogen and oxygen atoms in total. The molecule has 0 radical (unpaired) electrons. The van der Waals surface area contributed by atoms with Crippen molar-refractivity contribution in [2.24, 2.45) is 0 Å². The van der Waals surface area contributed by atoms with E-state index in [4.69, 9.17) is 4.42 Å². The van der Waals surface area contributed by atoms with Crippen molar-refractivity contribution in [3.8, 4) is 0 Å². The van der Waals surface area contributed by atoms with E-state index in [9.17, 15) is 4.79 Å². The summed E-state index contributed by atoms with van der Waals surface area (Å²) in [5.41, 5.74) is 3.98. The van der Waals surface area contributed by atoms with E-state index >= 15 is 0 Å². The standard InChI is InChI=1S/C20H16O2/c1-11-10-17-18(13(3)12(11)2)19-15-7-5-4-6-14(15)8-9-16(19)20(21)22-17/h4-10H,1-3H3. The fraction of sp³-hybridized carbons (Fsp3) is 0.150. The summed E-state index contributed by atoms with van der Waals surface area (Å²) in [5, 5.41) is 4.95. The minimum atomic E-state index is -0.268. The van der Waals surface area contributed by atoms with Gasteiger partial charge in [-0.15, -0.1) is 0 Å². The maximum atomic E-state index is 12.4. The van der Waals surface area contributed by atoms with Gasteiger partial charge in [0.05, 0.1) is 5.39 Å². The van der Waals surface area contributed by atoms with Crippen LogP contribution < -0.4 is 5.63 Å². The van der Waals surface area contributed by atoms with Crippen molar-refractivity contribution in [1.82, 2.24) is 0 Å². The summed E-state index contributed by atoms with van der Waals surface area (Å²) in [6.45, 7) is 6.27. The van der Waals surface area contributed by atoms with Crippen LogP contribution in [0.5, 0.6) is 0 Å². The molecule has 0 amide bonds. The van der Waals surface area contributed by atoms with Gasteiger partial charge in [-0.3, -0.25) is 0 Å². The molecular weight excluding hydrogens is 272 g/mol. The first-order valence-corrected chi connectivity index (χ1v) is 7.43. The average Bonchev–Trinajstić information content (AvgIpc) is 2.52. The van der Waals surface area contributed by atoms with Gasteiger partial charge in [0.15, 0.2) is 0 Å². The van der Waals surface area contributed by atoms with Gasteiger partial charge in [-0.25, -0.2) is 4.79 Å². The first-order valence-electron chi connectivity index (χ1n) is 7.43. The van der Waals surface area contributed by atoms with Crippen LogP contribution in [0.1, 0.15) is 16.7 Å². The second-order valence-electron chi connectivity index (χ2n) is 5.92. The van der Waals surface area contributed by atoms with Gasteiger partial charge in [0.1, 0.15) is 5.58 Å². The van der Waals surface area contributed by atoms with Gasteiger partial charge < -0.3 is 4.42 Å². The smallest absolute Gasteiger partial charge is 0.344 e. The fourth-order valence-corrected chi connectivity index (χ4v) is 3.30. The molecule has 0 unspecified atom stereocenters. The molecule has 4 rings (SSSR count). The summed E-state index contributed by atoms with van der Waals surface area (Å²) in [7, 11) is 0. The monoisotopic (exact) mass is 288 g/mol. The maximum Gasteiger partial charge on any atom is 0.344 e. The number of hydrogen-bond acceptors (Lipinski definition) is 2. The highest BCUT2D eigenvalue weighted by molar-refractivity contribution is 6.19. The van der Waals surface area contributed by atoms with Crippen molar-refractivity contribution < 1.29 is 4.42 Å². The van der Waals surface area contributed by atoms with E-state index in [2.05, 4.69) is 32.9 Å². The van der Waals surface area contributed by atoms with E-state index in [1.54, 1.807) is 0 Å². The molecule has 0 fully saturated rings. The molecule has 0 atom stereocenters. The molecule has 2 heteroatoms. The second-order valence-corrected chi connectivity index (χ2v) is 5.92. The normalized spacial score (nSPS) is 11.6. The molecule has 0 N–H and O–H groups in total. The summed E-state index contributed by atoms with van der Waals surface area (Å²) in [6.07, 6.45) is 0. The highest BCUT2D eigenvalue weighted by Gasteiger charge is 2.14. The van der Waals surface area contributed by atoms with Crippen molar-refractivity contribution >= 4 is 32.5 Å². The van der Waals surface area contributed by atoms with Crippen LogP contribution in [0.2, 0.25) is 0 Å². The Bertz CT molecular complexity index is 1120. The zero-order chi connectivity index (χ0) is 15.4. The summed E-state index contributed by atoms with van der Waals surface area (Å²) in [4.78, 5) is 12.4. The quantitative estimate of drug-likeness (QED) is 0.336. The molecule has 0 saturated carbocycles. The van der Waals surface area contributed by atoms with Gasteiger partial charge in [-0.2, -0.15) is 0 Å². The molecule has 1 heterocycles. The minimum absolute atomic E-state index is 0.268. The predicted octanol–water partition coefficient (Wildman–Crippen LogP) is 5.02. The van der Waals surface area contributed by atoms with Gasteiger partial charge in [-0.1, -0.05) is 30.3 Å². The van der Waals surface area contributed by atoms with Crippen molar-refractivity contribution in [3.05, 3.63) is 69.6 Å². The van der Waals surface area contributed by atoms with Gasteiger partial charge in [0.25, 0.3) is 0 Å². The lowest BCUT2D eigenvalue weighted by Gasteiger charge is -2.12. The minimum Gasteiger partial charge on any atom is -0.422 e. The first kappa shape index (κ1) is 13.1. The number of hydrogen-bond donors (Lipinski definition) is 0. The van der Waals surface area contributed by atoms with Gasteiger partial charge >= 0.3 is 5.63 Å². The molecule has 0 aliphatic rings. The lowest BCUT2D eigenvalue weighted by atomic mass is 9.94. The Balaban J connectivity index is 2.44. The molecule has 0 aliphatic heterocycles. The van der Waals surface area contributed by atoms with Gasteiger partial charge in [-0.05, 0) is 60.4 Å². The molecule has 22 heavy (non-hydrogen) atoms. The molecule has 108 valence electrons. The number of benzene rings is 3. The third kappa shape index (κ3) is 1.64. The highest BCUT2D eigenvalue weighted by Crippen LogP contribution is 2.34. The van der Waals surface area contributed by atoms with E-state index in [0.29, 0.717) is 11.0 Å². The Labute approximate surface area is 128 Å². The maximum absolute atomic E-state index is 12.4. The zero-order valence-electron chi connectivity index (χ0n) is 12.9. The third-order valence-corrected chi connectivity index (χ3v) is 4.72. The van der Waals surface area contributed by atoms with Crippen LogP contribution in [0.4, 0.5) is 0 Å². The van der Waals surface area contributed by atoms with Crippen LogP contribution in [0.15, 0.2) is 51.7 Å². The van der Waals surface area contributed by atoms with Crippen molar-refractivity contribution in [1.29, 1.82) is 0 Å². The predicted molar refractivity (Wildman–Crippen MR) is 91.7 cm³/mol. The molecular formula is C20H16O2. The number of aryl methyl sites for hydroxylation is 2. The van der Waals surface area contributed by atoms with E-state index in [0.717, 1.165) is 27.1 Å². The van der Waals surface area contributed by atoms with Crippen molar-refractivity contribution in [3.63, 3.8) is 0 Å². The van der Waals surface area contributed by atoms with E-state index in [-0.39, 0.29) is 5.63 Å². The molecule has 0 bridgehead atoms. The van der Waals surface area contributed by atoms with Crippen molar-refractivity contribution in [2.75, 3.05) is 0 Å². The van der Waals surface area contributed by atoms with Gasteiger partial charge in [0.2, 0.25) is 0 Å². The van der Waals surface area contributed by atoms with E-state index < -0.39 is 0 Å². The SMILES string of the molecule is Cc1cc2oc(=O)c3ccc4ccccc4c3c2c(C)c1C. The molecule has 1 aromatic heterocycles.